The number of hydrogen-bond donors (Lipinski definition) is 2. The van der Waals surface area contributed by atoms with Gasteiger partial charge in [-0.25, -0.2) is 9.67 Å². The Hall–Kier alpha value is -2.97. The van der Waals surface area contributed by atoms with Gasteiger partial charge in [0.15, 0.2) is 5.82 Å². The molecule has 1 aliphatic heterocycles. The molecule has 0 unspecified atom stereocenters. The van der Waals surface area contributed by atoms with E-state index in [0.29, 0.717) is 23.6 Å². The number of nitrogens with zero attached hydrogens (tertiary/aromatic N) is 3. The van der Waals surface area contributed by atoms with Gasteiger partial charge in [0.1, 0.15) is 0 Å². The Morgan fingerprint density at radius 3 is 2.70 bits per heavy atom. The first-order valence-corrected chi connectivity index (χ1v) is 8.82. The molecule has 0 saturated carbocycles. The molecule has 0 aliphatic carbocycles. The lowest BCUT2D eigenvalue weighted by Gasteiger charge is -2.06. The first kappa shape index (κ1) is 18.8. The van der Waals surface area contributed by atoms with Gasteiger partial charge in [0.05, 0.1) is 6.61 Å². The Morgan fingerprint density at radius 2 is 1.96 bits per heavy atom. The Labute approximate surface area is 158 Å². The fourth-order valence-electron chi connectivity index (χ4n) is 2.77. The summed E-state index contributed by atoms with van der Waals surface area (Å²) in [6.07, 6.45) is 0. The van der Waals surface area contributed by atoms with Gasteiger partial charge in [0, 0.05) is 18.3 Å². The average molecular weight is 364 g/mol. The van der Waals surface area contributed by atoms with Crippen LogP contribution in [0.3, 0.4) is 0 Å². The van der Waals surface area contributed by atoms with Crippen LogP contribution < -0.4 is 10.8 Å². The van der Waals surface area contributed by atoms with Crippen LogP contribution in [-0.4, -0.2) is 32.8 Å². The number of hydrogen-bond acceptors (Lipinski definition) is 5. The van der Waals surface area contributed by atoms with Crippen LogP contribution in [0.5, 0.6) is 0 Å². The third-order valence-corrected chi connectivity index (χ3v) is 4.06. The summed E-state index contributed by atoms with van der Waals surface area (Å²) in [7, 11) is 0.723. The fraction of sp³-hybridized carbons (Fsp3) is 0.211. The zero-order valence-corrected chi connectivity index (χ0v) is 15.5. The highest BCUT2D eigenvalue weighted by atomic mass is 16.5. The highest BCUT2D eigenvalue weighted by Crippen LogP contribution is 2.17. The fourth-order valence-corrected chi connectivity index (χ4v) is 2.77. The number of rotatable bonds is 3. The maximum atomic E-state index is 12.5. The van der Waals surface area contributed by atoms with Gasteiger partial charge < -0.3 is 15.0 Å². The molecule has 4 rings (SSSR count). The quantitative estimate of drug-likeness (QED) is 0.694. The zero-order valence-electron chi connectivity index (χ0n) is 15.5. The molecule has 3 aromatic rings. The van der Waals surface area contributed by atoms with Gasteiger partial charge >= 0.3 is 7.12 Å². The molecule has 2 aromatic carbocycles. The van der Waals surface area contributed by atoms with Crippen molar-refractivity contribution < 1.29 is 14.5 Å². The van der Waals surface area contributed by atoms with E-state index in [1.165, 1.54) is 4.68 Å². The molecule has 7 nitrogen and oxygen atoms in total. The van der Waals surface area contributed by atoms with Crippen molar-refractivity contribution in [1.29, 1.82) is 0 Å². The maximum Gasteiger partial charge on any atom is 0.491 e. The van der Waals surface area contributed by atoms with Crippen LogP contribution in [-0.2, 0) is 18.3 Å². The third-order valence-electron chi connectivity index (χ3n) is 4.06. The van der Waals surface area contributed by atoms with Crippen molar-refractivity contribution in [2.45, 2.75) is 20.5 Å². The highest BCUT2D eigenvalue weighted by Gasteiger charge is 2.27. The molecule has 0 atom stereocenters. The second-order valence-electron chi connectivity index (χ2n) is 5.78. The van der Waals surface area contributed by atoms with Gasteiger partial charge in [0.25, 0.3) is 5.91 Å². The molecule has 0 bridgehead atoms. The standard InChI is InChI=1S/C17H15BN4O3.C2H6/c1-22-16(20-15(21-22)11-5-3-2-4-6-11)17(23)19-13-8-7-12-10-25-18(24)14(12)9-13;1-2/h2-9,24H,10H2,1H3,(H,19,23);1-2H3. The predicted molar refractivity (Wildman–Crippen MR) is 105 cm³/mol. The lowest BCUT2D eigenvalue weighted by Crippen LogP contribution is -2.28. The van der Waals surface area contributed by atoms with Crippen molar-refractivity contribution in [3.63, 3.8) is 0 Å². The van der Waals surface area contributed by atoms with Crippen molar-refractivity contribution in [2.24, 2.45) is 7.05 Å². The maximum absolute atomic E-state index is 12.5. The minimum absolute atomic E-state index is 0.205. The molecular weight excluding hydrogens is 343 g/mol. The molecule has 1 aromatic heterocycles. The molecule has 2 N–H and O–H groups in total. The molecule has 0 saturated heterocycles. The van der Waals surface area contributed by atoms with E-state index in [0.717, 1.165) is 11.1 Å². The van der Waals surface area contributed by atoms with Crippen molar-refractivity contribution in [1.82, 2.24) is 14.8 Å². The average Bonchev–Trinajstić information content (AvgIpc) is 3.27. The van der Waals surface area contributed by atoms with Gasteiger partial charge in [-0.05, 0) is 23.2 Å². The van der Waals surface area contributed by atoms with Gasteiger partial charge in [-0.3, -0.25) is 4.79 Å². The van der Waals surface area contributed by atoms with Crippen LogP contribution in [0.4, 0.5) is 5.69 Å². The number of amides is 1. The van der Waals surface area contributed by atoms with E-state index in [4.69, 9.17) is 4.65 Å². The first-order valence-electron chi connectivity index (χ1n) is 8.82. The normalized spacial score (nSPS) is 12.2. The third kappa shape index (κ3) is 3.91. The van der Waals surface area contributed by atoms with Crippen molar-refractivity contribution in [3.05, 3.63) is 59.9 Å². The molecule has 8 heteroatoms. The van der Waals surface area contributed by atoms with Gasteiger partial charge in [-0.15, -0.1) is 0 Å². The first-order chi connectivity index (χ1) is 13.1. The molecule has 1 amide bonds. The smallest absolute Gasteiger partial charge is 0.423 e. The molecule has 0 spiro atoms. The van der Waals surface area contributed by atoms with E-state index in [-0.39, 0.29) is 11.7 Å². The summed E-state index contributed by atoms with van der Waals surface area (Å²) in [4.78, 5) is 16.9. The second kappa shape index (κ2) is 8.15. The molecule has 1 aliphatic rings. The number of aryl methyl sites for hydroxylation is 1. The number of nitrogens with one attached hydrogen (secondary N) is 1. The number of fused-ring (bicyclic) bond motifs is 1. The number of carbonyl (C=O) groups is 1. The summed E-state index contributed by atoms with van der Waals surface area (Å²) in [5, 5.41) is 16.9. The topological polar surface area (TPSA) is 89.3 Å². The number of anilines is 1. The summed E-state index contributed by atoms with van der Waals surface area (Å²) in [5.74, 6) is 0.327. The summed E-state index contributed by atoms with van der Waals surface area (Å²) >= 11 is 0. The van der Waals surface area contributed by atoms with Crippen LogP contribution in [0.25, 0.3) is 11.4 Å². The van der Waals surface area contributed by atoms with Crippen LogP contribution in [0.2, 0.25) is 0 Å². The summed E-state index contributed by atoms with van der Waals surface area (Å²) in [6, 6.07) is 14.8. The monoisotopic (exact) mass is 364 g/mol. The molecule has 27 heavy (non-hydrogen) atoms. The lowest BCUT2D eigenvalue weighted by molar-refractivity contribution is 0.101. The van der Waals surface area contributed by atoms with Crippen LogP contribution in [0.15, 0.2) is 48.5 Å². The largest absolute Gasteiger partial charge is 0.491 e. The predicted octanol–water partition coefficient (Wildman–Crippen LogP) is 1.98. The minimum atomic E-state index is -0.952. The number of carbonyl (C=O) groups excluding carboxylic acids is 1. The van der Waals surface area contributed by atoms with Crippen molar-refractivity contribution in [2.75, 3.05) is 5.32 Å². The SMILES string of the molecule is CC.Cn1nc(-c2ccccc2)nc1C(=O)Nc1ccc2c(c1)B(O)OC2. The van der Waals surface area contributed by atoms with E-state index in [1.807, 2.05) is 50.2 Å². The Kier molecular flexibility index (Phi) is 5.68. The van der Waals surface area contributed by atoms with E-state index < -0.39 is 7.12 Å². The Morgan fingerprint density at radius 1 is 1.22 bits per heavy atom. The van der Waals surface area contributed by atoms with Crippen LogP contribution in [0.1, 0.15) is 30.0 Å². The zero-order chi connectivity index (χ0) is 19.4. The van der Waals surface area contributed by atoms with Gasteiger partial charge in [0.2, 0.25) is 5.82 Å². The van der Waals surface area contributed by atoms with E-state index >= 15 is 0 Å². The highest BCUT2D eigenvalue weighted by molar-refractivity contribution is 6.61. The van der Waals surface area contributed by atoms with E-state index in [1.54, 1.807) is 19.2 Å². The van der Waals surface area contributed by atoms with Crippen molar-refractivity contribution in [3.8, 4) is 11.4 Å². The second-order valence-corrected chi connectivity index (χ2v) is 5.78. The summed E-state index contributed by atoms with van der Waals surface area (Å²) < 4.78 is 6.60. The van der Waals surface area contributed by atoms with Gasteiger partial charge in [-0.2, -0.15) is 5.10 Å². The Balaban J connectivity index is 0.00000102. The van der Waals surface area contributed by atoms with E-state index in [2.05, 4.69) is 15.4 Å². The lowest BCUT2D eigenvalue weighted by atomic mass is 9.79. The summed E-state index contributed by atoms with van der Waals surface area (Å²) in [6.45, 7) is 4.37. The summed E-state index contributed by atoms with van der Waals surface area (Å²) in [5.41, 5.74) is 2.99. The minimum Gasteiger partial charge on any atom is -0.423 e. The molecule has 138 valence electrons. The molecule has 0 radical (unpaired) electrons. The van der Waals surface area contributed by atoms with E-state index in [9.17, 15) is 9.82 Å². The molecular formula is C19H21BN4O3. The Bertz CT molecular complexity index is 943. The molecule has 0 fully saturated rings. The number of aromatic nitrogens is 3. The van der Waals surface area contributed by atoms with Crippen LogP contribution in [0, 0.1) is 0 Å². The van der Waals surface area contributed by atoms with Crippen LogP contribution >= 0.6 is 0 Å². The molecule has 2 heterocycles. The van der Waals surface area contributed by atoms with Crippen molar-refractivity contribution >= 4 is 24.2 Å². The number of benzene rings is 2. The van der Waals surface area contributed by atoms with Gasteiger partial charge in [-0.1, -0.05) is 50.2 Å².